The average molecular weight is 278 g/mol. The Morgan fingerprint density at radius 2 is 1.62 bits per heavy atom. The van der Waals surface area contributed by atoms with Crippen molar-refractivity contribution in [2.45, 2.75) is 19.9 Å². The van der Waals surface area contributed by atoms with Gasteiger partial charge in [-0.3, -0.25) is 0 Å². The molecular weight excluding hydrogens is 256 g/mol. The first-order valence-corrected chi connectivity index (χ1v) is 7.42. The molecule has 0 radical (unpaired) electrons. The Kier molecular flexibility index (Phi) is 3.56. The second-order valence-corrected chi connectivity index (χ2v) is 5.91. The van der Waals surface area contributed by atoms with E-state index >= 15 is 0 Å². The second kappa shape index (κ2) is 5.38. The first kappa shape index (κ1) is 13.9. The summed E-state index contributed by atoms with van der Waals surface area (Å²) in [5.41, 5.74) is 6.42. The van der Waals surface area contributed by atoms with Gasteiger partial charge in [0.1, 0.15) is 0 Å². The molecule has 2 nitrogen and oxygen atoms in total. The van der Waals surface area contributed by atoms with E-state index < -0.39 is 0 Å². The monoisotopic (exact) mass is 278 g/mol. The zero-order valence-electron chi connectivity index (χ0n) is 13.1. The lowest BCUT2D eigenvalue weighted by atomic mass is 9.97. The van der Waals surface area contributed by atoms with Crippen LogP contribution in [0.15, 0.2) is 48.5 Å². The molecule has 1 aromatic heterocycles. The van der Waals surface area contributed by atoms with Gasteiger partial charge in [-0.05, 0) is 39.6 Å². The fraction of sp³-hybridized carbons (Fsp3) is 0.263. The lowest BCUT2D eigenvalue weighted by molar-refractivity contribution is 0.323. The maximum Gasteiger partial charge on any atom is 0.0515 e. The molecule has 2 aromatic carbocycles. The quantitative estimate of drug-likeness (QED) is 0.731. The van der Waals surface area contributed by atoms with Crippen LogP contribution in [-0.4, -0.2) is 24.0 Å². The van der Waals surface area contributed by atoms with Crippen molar-refractivity contribution in [3.63, 3.8) is 0 Å². The number of rotatable bonds is 3. The highest BCUT2D eigenvalue weighted by Gasteiger charge is 2.20. The van der Waals surface area contributed by atoms with Crippen LogP contribution in [0.1, 0.15) is 24.1 Å². The summed E-state index contributed by atoms with van der Waals surface area (Å²) in [7, 11) is 4.27. The van der Waals surface area contributed by atoms with Crippen molar-refractivity contribution in [3.8, 4) is 11.3 Å². The van der Waals surface area contributed by atoms with Gasteiger partial charge >= 0.3 is 0 Å². The van der Waals surface area contributed by atoms with Gasteiger partial charge < -0.3 is 9.88 Å². The lowest BCUT2D eigenvalue weighted by Crippen LogP contribution is -2.17. The topological polar surface area (TPSA) is 19.0 Å². The molecule has 3 aromatic rings. The van der Waals surface area contributed by atoms with Crippen molar-refractivity contribution in [1.29, 1.82) is 0 Å². The molecule has 0 fully saturated rings. The Morgan fingerprint density at radius 3 is 2.33 bits per heavy atom. The third kappa shape index (κ3) is 2.36. The van der Waals surface area contributed by atoms with E-state index in [1.165, 1.54) is 33.3 Å². The number of benzene rings is 2. The predicted octanol–water partition coefficient (Wildman–Crippen LogP) is 4.77. The van der Waals surface area contributed by atoms with Gasteiger partial charge in [0.2, 0.25) is 0 Å². The summed E-state index contributed by atoms with van der Waals surface area (Å²) in [5.74, 6) is 0. The zero-order valence-corrected chi connectivity index (χ0v) is 13.1. The molecular formula is C19H22N2. The molecule has 1 N–H and O–H groups in total. The predicted molar refractivity (Wildman–Crippen MR) is 90.6 cm³/mol. The number of hydrogen-bond acceptors (Lipinski definition) is 1. The van der Waals surface area contributed by atoms with E-state index in [0.717, 1.165) is 0 Å². The summed E-state index contributed by atoms with van der Waals surface area (Å²) in [5, 5.41) is 1.32. The third-order valence-electron chi connectivity index (χ3n) is 4.35. The number of H-pyrrole nitrogens is 1. The fourth-order valence-corrected chi connectivity index (χ4v) is 2.92. The van der Waals surface area contributed by atoms with Gasteiger partial charge in [0.05, 0.1) is 5.69 Å². The molecule has 0 aliphatic carbocycles. The molecule has 1 atom stereocenters. The highest BCUT2D eigenvalue weighted by molar-refractivity contribution is 5.91. The van der Waals surface area contributed by atoms with E-state index in [1.807, 2.05) is 0 Å². The number of aromatic nitrogens is 1. The number of aryl methyl sites for hydroxylation is 1. The minimum atomic E-state index is 0.357. The highest BCUT2D eigenvalue weighted by Crippen LogP contribution is 2.37. The summed E-state index contributed by atoms with van der Waals surface area (Å²) in [6.07, 6.45) is 0. The normalized spacial score (nSPS) is 13.0. The van der Waals surface area contributed by atoms with Crippen molar-refractivity contribution < 1.29 is 0 Å². The smallest absolute Gasteiger partial charge is 0.0515 e. The summed E-state index contributed by atoms with van der Waals surface area (Å²) < 4.78 is 0. The van der Waals surface area contributed by atoms with Gasteiger partial charge in [0, 0.05) is 28.1 Å². The van der Waals surface area contributed by atoms with Gasteiger partial charge in [-0.15, -0.1) is 0 Å². The minimum Gasteiger partial charge on any atom is -0.354 e. The number of aromatic amines is 1. The lowest BCUT2D eigenvalue weighted by Gasteiger charge is -2.21. The number of fused-ring (bicyclic) bond motifs is 1. The molecule has 0 aliphatic heterocycles. The molecule has 21 heavy (non-hydrogen) atoms. The van der Waals surface area contributed by atoms with Crippen LogP contribution in [0.3, 0.4) is 0 Å². The van der Waals surface area contributed by atoms with Crippen LogP contribution < -0.4 is 0 Å². The van der Waals surface area contributed by atoms with Crippen molar-refractivity contribution in [2.24, 2.45) is 0 Å². The highest BCUT2D eigenvalue weighted by atomic mass is 15.1. The molecule has 0 amide bonds. The number of para-hydroxylation sites is 1. The van der Waals surface area contributed by atoms with Crippen molar-refractivity contribution >= 4 is 10.9 Å². The third-order valence-corrected chi connectivity index (χ3v) is 4.35. The summed E-state index contributed by atoms with van der Waals surface area (Å²) in [4.78, 5) is 5.89. The maximum absolute atomic E-state index is 3.63. The van der Waals surface area contributed by atoms with E-state index in [0.29, 0.717) is 6.04 Å². The largest absolute Gasteiger partial charge is 0.354 e. The van der Waals surface area contributed by atoms with Crippen LogP contribution in [0.2, 0.25) is 0 Å². The van der Waals surface area contributed by atoms with Crippen molar-refractivity contribution in [3.05, 3.63) is 59.7 Å². The van der Waals surface area contributed by atoms with Gasteiger partial charge in [0.25, 0.3) is 0 Å². The molecule has 0 spiro atoms. The molecule has 0 aliphatic rings. The van der Waals surface area contributed by atoms with E-state index in [-0.39, 0.29) is 0 Å². The Balaban J connectivity index is 2.32. The summed E-state index contributed by atoms with van der Waals surface area (Å²) in [6, 6.07) is 17.5. The van der Waals surface area contributed by atoms with E-state index in [4.69, 9.17) is 0 Å². The Labute approximate surface area is 126 Å². The molecule has 3 rings (SSSR count). The molecule has 0 saturated heterocycles. The molecule has 0 saturated carbocycles. The van der Waals surface area contributed by atoms with Crippen LogP contribution in [0.4, 0.5) is 0 Å². The zero-order chi connectivity index (χ0) is 15.0. The average Bonchev–Trinajstić information content (AvgIpc) is 2.85. The van der Waals surface area contributed by atoms with Crippen LogP contribution in [-0.2, 0) is 0 Å². The van der Waals surface area contributed by atoms with E-state index in [2.05, 4.69) is 86.4 Å². The van der Waals surface area contributed by atoms with Crippen LogP contribution in [0.25, 0.3) is 22.2 Å². The Bertz CT molecular complexity index is 768. The second-order valence-electron chi connectivity index (χ2n) is 5.91. The van der Waals surface area contributed by atoms with Crippen LogP contribution in [0.5, 0.6) is 0 Å². The van der Waals surface area contributed by atoms with Gasteiger partial charge in [-0.1, -0.05) is 42.5 Å². The summed E-state index contributed by atoms with van der Waals surface area (Å²) >= 11 is 0. The fourth-order valence-electron chi connectivity index (χ4n) is 2.92. The summed E-state index contributed by atoms with van der Waals surface area (Å²) in [6.45, 7) is 4.43. The first-order chi connectivity index (χ1) is 10.1. The van der Waals surface area contributed by atoms with E-state index in [1.54, 1.807) is 0 Å². The molecule has 1 heterocycles. The van der Waals surface area contributed by atoms with Gasteiger partial charge in [0.15, 0.2) is 0 Å². The van der Waals surface area contributed by atoms with Crippen LogP contribution in [0, 0.1) is 6.92 Å². The Hall–Kier alpha value is -2.06. The Morgan fingerprint density at radius 1 is 0.952 bits per heavy atom. The molecule has 2 heteroatoms. The molecule has 0 bridgehead atoms. The SMILES string of the molecule is Cc1ccccc1-c1[nH]c2ccccc2c1C(C)N(C)C. The number of nitrogens with one attached hydrogen (secondary N) is 1. The molecule has 108 valence electrons. The van der Waals surface area contributed by atoms with Crippen LogP contribution >= 0.6 is 0 Å². The molecule has 1 unspecified atom stereocenters. The number of nitrogens with zero attached hydrogens (tertiary/aromatic N) is 1. The number of hydrogen-bond donors (Lipinski definition) is 1. The van der Waals surface area contributed by atoms with Gasteiger partial charge in [-0.25, -0.2) is 0 Å². The van der Waals surface area contributed by atoms with Crippen molar-refractivity contribution in [2.75, 3.05) is 14.1 Å². The standard InChI is InChI=1S/C19H22N2/c1-13-9-5-6-10-15(13)19-18(14(2)21(3)4)16-11-7-8-12-17(16)20-19/h5-12,14,20H,1-4H3. The first-order valence-electron chi connectivity index (χ1n) is 7.42. The van der Waals surface area contributed by atoms with Crippen molar-refractivity contribution in [1.82, 2.24) is 9.88 Å². The maximum atomic E-state index is 3.63. The minimum absolute atomic E-state index is 0.357. The van der Waals surface area contributed by atoms with Gasteiger partial charge in [-0.2, -0.15) is 0 Å². The van der Waals surface area contributed by atoms with E-state index in [9.17, 15) is 0 Å².